The van der Waals surface area contributed by atoms with Gasteiger partial charge in [0.15, 0.2) is 5.82 Å². The monoisotopic (exact) mass is 369 g/mol. The molecule has 3 aromatic heterocycles. The van der Waals surface area contributed by atoms with Crippen LogP contribution in [-0.4, -0.2) is 15.2 Å². The highest BCUT2D eigenvalue weighted by Crippen LogP contribution is 2.29. The Kier molecular flexibility index (Phi) is 4.19. The molecule has 0 spiro atoms. The lowest BCUT2D eigenvalue weighted by Crippen LogP contribution is -2.01. The van der Waals surface area contributed by atoms with Crippen LogP contribution in [-0.2, 0) is 5.75 Å². The van der Waals surface area contributed by atoms with E-state index < -0.39 is 0 Å². The summed E-state index contributed by atoms with van der Waals surface area (Å²) in [6.07, 6.45) is 0. The van der Waals surface area contributed by atoms with E-state index in [0.29, 0.717) is 16.5 Å². The highest BCUT2D eigenvalue weighted by molar-refractivity contribution is 7.98. The summed E-state index contributed by atoms with van der Waals surface area (Å²) in [5.41, 5.74) is 3.37. The van der Waals surface area contributed by atoms with Crippen LogP contribution in [0.5, 0.6) is 0 Å². The number of hydrogen-bond acceptors (Lipinski definition) is 6. The van der Waals surface area contributed by atoms with Crippen LogP contribution in [0.1, 0.15) is 16.7 Å². The van der Waals surface area contributed by atoms with Crippen LogP contribution < -0.4 is 5.63 Å². The molecule has 0 aliphatic heterocycles. The molecule has 0 atom stereocenters. The lowest BCUT2D eigenvalue weighted by Gasteiger charge is -2.08. The van der Waals surface area contributed by atoms with E-state index in [4.69, 9.17) is 4.42 Å². The van der Waals surface area contributed by atoms with Crippen molar-refractivity contribution in [2.45, 2.75) is 24.8 Å². The summed E-state index contributed by atoms with van der Waals surface area (Å²) in [5, 5.41) is 10.8. The molecule has 4 aromatic rings. The fraction of sp³-hybridized carbons (Fsp3) is 0.167. The lowest BCUT2D eigenvalue weighted by molar-refractivity contribution is 0.557. The number of benzene rings is 1. The smallest absolute Gasteiger partial charge is 0.336 e. The number of hydrogen-bond donors (Lipinski definition) is 1. The van der Waals surface area contributed by atoms with Crippen LogP contribution in [0.2, 0.25) is 0 Å². The molecule has 3 heterocycles. The maximum absolute atomic E-state index is 11.9. The van der Waals surface area contributed by atoms with Crippen molar-refractivity contribution >= 4 is 34.1 Å². The minimum atomic E-state index is -0.328. The molecule has 5 nitrogen and oxygen atoms in total. The van der Waals surface area contributed by atoms with Crippen molar-refractivity contribution in [1.29, 1.82) is 0 Å². The Bertz CT molecular complexity index is 1100. The Hall–Kier alpha value is -2.38. The molecule has 0 amide bonds. The first-order chi connectivity index (χ1) is 12.1. The molecule has 0 fully saturated rings. The Labute approximate surface area is 152 Å². The predicted molar refractivity (Wildman–Crippen MR) is 101 cm³/mol. The van der Waals surface area contributed by atoms with E-state index in [1.165, 1.54) is 11.8 Å². The molecule has 25 heavy (non-hydrogen) atoms. The molecular weight excluding hydrogens is 354 g/mol. The summed E-state index contributed by atoms with van der Waals surface area (Å²) in [4.78, 5) is 17.5. The second-order valence-electron chi connectivity index (χ2n) is 5.71. The number of nitrogens with one attached hydrogen (secondary N) is 1. The number of H-pyrrole nitrogens is 1. The summed E-state index contributed by atoms with van der Waals surface area (Å²) in [7, 11) is 0. The second-order valence-corrected chi connectivity index (χ2v) is 7.60. The SMILES string of the molecule is Cc1ccc2c(CSc3n[nH]c(-c4cccs4)n3)cc(=O)oc2c1C. The Morgan fingerprint density at radius 2 is 2.16 bits per heavy atom. The predicted octanol–water partition coefficient (Wildman–Crippen LogP) is 4.55. The number of aromatic amines is 1. The molecule has 7 heteroatoms. The third-order valence-electron chi connectivity index (χ3n) is 4.09. The topological polar surface area (TPSA) is 71.8 Å². The molecule has 0 bridgehead atoms. The highest BCUT2D eigenvalue weighted by atomic mass is 32.2. The molecule has 0 aliphatic carbocycles. The number of nitrogens with zero attached hydrogens (tertiary/aromatic N) is 2. The third kappa shape index (κ3) is 3.12. The van der Waals surface area contributed by atoms with E-state index in [0.717, 1.165) is 32.8 Å². The van der Waals surface area contributed by atoms with Gasteiger partial charge in [-0.05, 0) is 42.0 Å². The van der Waals surface area contributed by atoms with Gasteiger partial charge in [0, 0.05) is 17.2 Å². The fourth-order valence-electron chi connectivity index (χ4n) is 2.62. The average molecular weight is 369 g/mol. The van der Waals surface area contributed by atoms with Gasteiger partial charge in [-0.2, -0.15) is 0 Å². The Morgan fingerprint density at radius 3 is 2.96 bits per heavy atom. The van der Waals surface area contributed by atoms with Gasteiger partial charge < -0.3 is 4.42 Å². The van der Waals surface area contributed by atoms with Gasteiger partial charge in [-0.3, -0.25) is 5.10 Å². The first-order valence-electron chi connectivity index (χ1n) is 7.74. The van der Waals surface area contributed by atoms with Crippen LogP contribution >= 0.6 is 23.1 Å². The largest absolute Gasteiger partial charge is 0.422 e. The van der Waals surface area contributed by atoms with Gasteiger partial charge in [0.2, 0.25) is 5.16 Å². The lowest BCUT2D eigenvalue weighted by atomic mass is 10.0. The Morgan fingerprint density at radius 1 is 1.28 bits per heavy atom. The van der Waals surface area contributed by atoms with Crippen molar-refractivity contribution in [2.75, 3.05) is 0 Å². The fourth-order valence-corrected chi connectivity index (χ4v) is 4.07. The summed E-state index contributed by atoms with van der Waals surface area (Å²) in [6.45, 7) is 3.98. The van der Waals surface area contributed by atoms with Gasteiger partial charge in [-0.15, -0.1) is 16.4 Å². The maximum atomic E-state index is 11.9. The Balaban J connectivity index is 1.63. The molecule has 126 valence electrons. The van der Waals surface area contributed by atoms with Crippen molar-refractivity contribution in [1.82, 2.24) is 15.2 Å². The summed E-state index contributed by atoms with van der Waals surface area (Å²) in [6, 6.07) is 9.59. The number of rotatable bonds is 4. The van der Waals surface area contributed by atoms with Gasteiger partial charge in [-0.1, -0.05) is 30.0 Å². The standard InChI is InChI=1S/C18H15N3O2S2/c1-10-5-6-13-12(8-15(22)23-16(13)11(10)2)9-25-18-19-17(20-21-18)14-4-3-7-24-14/h3-8H,9H2,1-2H3,(H,19,20,21). The molecule has 0 radical (unpaired) electrons. The molecule has 4 rings (SSSR count). The van der Waals surface area contributed by atoms with E-state index in [-0.39, 0.29) is 5.63 Å². The van der Waals surface area contributed by atoms with Gasteiger partial charge in [-0.25, -0.2) is 9.78 Å². The molecule has 0 saturated heterocycles. The summed E-state index contributed by atoms with van der Waals surface area (Å²) < 4.78 is 5.42. The van der Waals surface area contributed by atoms with Crippen LogP contribution in [0, 0.1) is 13.8 Å². The summed E-state index contributed by atoms with van der Waals surface area (Å²) >= 11 is 3.11. The van der Waals surface area contributed by atoms with Gasteiger partial charge >= 0.3 is 5.63 Å². The first kappa shape index (κ1) is 16.1. The van der Waals surface area contributed by atoms with Crippen molar-refractivity contribution in [3.8, 4) is 10.7 Å². The minimum absolute atomic E-state index is 0.328. The molecule has 0 aliphatic rings. The minimum Gasteiger partial charge on any atom is -0.422 e. The average Bonchev–Trinajstić information content (AvgIpc) is 3.27. The first-order valence-corrected chi connectivity index (χ1v) is 9.60. The highest BCUT2D eigenvalue weighted by Gasteiger charge is 2.12. The molecular formula is C18H15N3O2S2. The molecule has 1 aromatic carbocycles. The van der Waals surface area contributed by atoms with E-state index in [1.807, 2.05) is 43.5 Å². The molecule has 0 unspecified atom stereocenters. The van der Waals surface area contributed by atoms with E-state index >= 15 is 0 Å². The maximum Gasteiger partial charge on any atom is 0.336 e. The number of thioether (sulfide) groups is 1. The van der Waals surface area contributed by atoms with Crippen molar-refractivity contribution in [3.05, 3.63) is 62.8 Å². The number of fused-ring (bicyclic) bond motifs is 1. The quantitative estimate of drug-likeness (QED) is 0.422. The normalized spacial score (nSPS) is 11.3. The zero-order valence-corrected chi connectivity index (χ0v) is 15.3. The number of aryl methyl sites for hydroxylation is 2. The zero-order chi connectivity index (χ0) is 17.4. The van der Waals surface area contributed by atoms with Crippen LogP contribution in [0.4, 0.5) is 0 Å². The van der Waals surface area contributed by atoms with Crippen molar-refractivity contribution < 1.29 is 4.42 Å². The van der Waals surface area contributed by atoms with Crippen LogP contribution in [0.15, 0.2) is 50.1 Å². The molecule has 0 saturated carbocycles. The van der Waals surface area contributed by atoms with Crippen molar-refractivity contribution in [2.24, 2.45) is 0 Å². The van der Waals surface area contributed by atoms with Gasteiger partial charge in [0.1, 0.15) is 5.58 Å². The van der Waals surface area contributed by atoms with Gasteiger partial charge in [0.05, 0.1) is 4.88 Å². The summed E-state index contributed by atoms with van der Waals surface area (Å²) in [5.74, 6) is 1.37. The zero-order valence-electron chi connectivity index (χ0n) is 13.7. The van der Waals surface area contributed by atoms with Crippen LogP contribution in [0.3, 0.4) is 0 Å². The second kappa shape index (κ2) is 6.50. The van der Waals surface area contributed by atoms with E-state index in [2.05, 4.69) is 15.2 Å². The van der Waals surface area contributed by atoms with E-state index in [1.54, 1.807) is 17.4 Å². The number of thiophene rings is 1. The van der Waals surface area contributed by atoms with Crippen LogP contribution in [0.25, 0.3) is 21.7 Å². The third-order valence-corrected chi connectivity index (χ3v) is 5.87. The van der Waals surface area contributed by atoms with Gasteiger partial charge in [0.25, 0.3) is 0 Å². The number of aromatic nitrogens is 3. The van der Waals surface area contributed by atoms with Crippen molar-refractivity contribution in [3.63, 3.8) is 0 Å². The van der Waals surface area contributed by atoms with E-state index in [9.17, 15) is 4.79 Å². The molecule has 1 N–H and O–H groups in total.